The van der Waals surface area contributed by atoms with Crippen LogP contribution in [0.3, 0.4) is 0 Å². The summed E-state index contributed by atoms with van der Waals surface area (Å²) in [5.74, 6) is 0.336. The van der Waals surface area contributed by atoms with Crippen molar-refractivity contribution in [1.82, 2.24) is 15.5 Å². The number of H-pyrrole nitrogens is 1. The Balaban J connectivity index is 1.40. The van der Waals surface area contributed by atoms with Crippen LogP contribution in [0.25, 0.3) is 11.3 Å². The van der Waals surface area contributed by atoms with Crippen LogP contribution < -0.4 is 10.2 Å². The molecule has 1 saturated heterocycles. The average molecular weight is 375 g/mol. The monoisotopic (exact) mass is 375 g/mol. The summed E-state index contributed by atoms with van der Waals surface area (Å²) in [6, 6.07) is 16.9. The lowest BCUT2D eigenvalue weighted by atomic mass is 10.1. The number of benzene rings is 2. The summed E-state index contributed by atoms with van der Waals surface area (Å²) in [6.45, 7) is 1.42. The quantitative estimate of drug-likeness (QED) is 0.734. The summed E-state index contributed by atoms with van der Waals surface area (Å²) in [4.78, 5) is 14.5. The van der Waals surface area contributed by atoms with E-state index in [1.54, 1.807) is 36.4 Å². The Labute approximate surface area is 161 Å². The number of hydrogen-bond acceptors (Lipinski definition) is 4. The lowest BCUT2D eigenvalue weighted by Crippen LogP contribution is -2.37. The van der Waals surface area contributed by atoms with Gasteiger partial charge < -0.3 is 10.2 Å². The number of nitrogens with zero attached hydrogens (tertiary/aromatic N) is 3. The molecule has 0 saturated carbocycles. The molecule has 6 nitrogen and oxygen atoms in total. The number of halogens is 1. The van der Waals surface area contributed by atoms with Crippen LogP contribution in [0.1, 0.15) is 22.3 Å². The first-order valence-corrected chi connectivity index (χ1v) is 9.00. The number of hydrogen-bond donors (Lipinski definition) is 2. The fourth-order valence-corrected chi connectivity index (χ4v) is 3.34. The molecule has 0 radical (unpaired) electrons. The fourth-order valence-electron chi connectivity index (χ4n) is 3.34. The maximum Gasteiger partial charge on any atom is 0.251 e. The van der Waals surface area contributed by atoms with Gasteiger partial charge in [-0.3, -0.25) is 9.89 Å². The maximum absolute atomic E-state index is 13.1. The van der Waals surface area contributed by atoms with Crippen molar-refractivity contribution < 1.29 is 9.18 Å². The summed E-state index contributed by atoms with van der Waals surface area (Å²) in [5, 5.41) is 19.3. The summed E-state index contributed by atoms with van der Waals surface area (Å²) >= 11 is 0. The van der Waals surface area contributed by atoms with Crippen molar-refractivity contribution in [3.63, 3.8) is 0 Å². The molecule has 2 heterocycles. The molecular formula is C21H18FN5O. The first-order valence-electron chi connectivity index (χ1n) is 9.00. The van der Waals surface area contributed by atoms with Gasteiger partial charge in [0.1, 0.15) is 5.82 Å². The van der Waals surface area contributed by atoms with E-state index >= 15 is 0 Å². The molecule has 0 spiro atoms. The molecular weight excluding hydrogens is 357 g/mol. The second-order valence-corrected chi connectivity index (χ2v) is 6.74. The SMILES string of the molecule is N#Cc1cccc(C(=O)N[C@@H]2CCN(c3cc(-c4ccc(F)cc4)[nH]n3)C2)c1. The second-order valence-electron chi connectivity index (χ2n) is 6.74. The van der Waals surface area contributed by atoms with Crippen molar-refractivity contribution >= 4 is 11.7 Å². The number of carbonyl (C=O) groups excluding carboxylic acids is 1. The van der Waals surface area contributed by atoms with Crippen LogP contribution >= 0.6 is 0 Å². The second kappa shape index (κ2) is 7.53. The van der Waals surface area contributed by atoms with Gasteiger partial charge in [-0.2, -0.15) is 10.4 Å². The number of anilines is 1. The molecule has 2 aromatic carbocycles. The molecule has 0 unspecified atom stereocenters. The van der Waals surface area contributed by atoms with E-state index in [0.29, 0.717) is 17.7 Å². The minimum Gasteiger partial charge on any atom is -0.353 e. The number of aromatic amines is 1. The Bertz CT molecular complexity index is 1040. The molecule has 28 heavy (non-hydrogen) atoms. The smallest absolute Gasteiger partial charge is 0.251 e. The standard InChI is InChI=1S/C21H18FN5O/c22-17-6-4-15(5-7-17)19-11-20(26-25-19)27-9-8-18(13-27)24-21(28)16-3-1-2-14(10-16)12-23/h1-7,10-11,18H,8-9,13H2,(H,24,28)(H,25,26)/t18-/m1/s1. The molecule has 1 amide bonds. The van der Waals surface area contributed by atoms with Crippen LogP contribution in [-0.4, -0.2) is 35.2 Å². The molecule has 1 aromatic heterocycles. The molecule has 2 N–H and O–H groups in total. The summed E-state index contributed by atoms with van der Waals surface area (Å²) in [7, 11) is 0. The van der Waals surface area contributed by atoms with Gasteiger partial charge in [-0.25, -0.2) is 4.39 Å². The van der Waals surface area contributed by atoms with E-state index in [4.69, 9.17) is 5.26 Å². The van der Waals surface area contributed by atoms with Crippen LogP contribution in [0, 0.1) is 17.1 Å². The number of nitriles is 1. The zero-order valence-corrected chi connectivity index (χ0v) is 15.0. The van der Waals surface area contributed by atoms with E-state index in [1.165, 1.54) is 12.1 Å². The van der Waals surface area contributed by atoms with Crippen molar-refractivity contribution in [3.05, 3.63) is 71.5 Å². The van der Waals surface area contributed by atoms with E-state index < -0.39 is 0 Å². The molecule has 0 bridgehead atoms. The lowest BCUT2D eigenvalue weighted by molar-refractivity contribution is 0.0940. The van der Waals surface area contributed by atoms with Gasteiger partial charge >= 0.3 is 0 Å². The third-order valence-electron chi connectivity index (χ3n) is 4.82. The predicted molar refractivity (Wildman–Crippen MR) is 103 cm³/mol. The predicted octanol–water partition coefficient (Wildman–Crippen LogP) is 3.10. The minimum atomic E-state index is -0.276. The topological polar surface area (TPSA) is 84.8 Å². The Kier molecular flexibility index (Phi) is 4.77. The van der Waals surface area contributed by atoms with Gasteiger partial charge in [-0.05, 0) is 54.4 Å². The molecule has 0 aliphatic carbocycles. The van der Waals surface area contributed by atoms with Crippen LogP contribution in [0.5, 0.6) is 0 Å². The van der Waals surface area contributed by atoms with Crippen molar-refractivity contribution in [3.8, 4) is 17.3 Å². The molecule has 1 aliphatic heterocycles. The number of aromatic nitrogens is 2. The van der Waals surface area contributed by atoms with E-state index in [-0.39, 0.29) is 17.8 Å². The molecule has 1 fully saturated rings. The van der Waals surface area contributed by atoms with E-state index in [1.807, 2.05) is 12.1 Å². The van der Waals surface area contributed by atoms with E-state index in [9.17, 15) is 9.18 Å². The number of nitrogens with one attached hydrogen (secondary N) is 2. The van der Waals surface area contributed by atoms with Gasteiger partial charge in [-0.15, -0.1) is 0 Å². The molecule has 140 valence electrons. The highest BCUT2D eigenvalue weighted by Crippen LogP contribution is 2.24. The molecule has 1 aliphatic rings. The summed E-state index contributed by atoms with van der Waals surface area (Å²) in [6.07, 6.45) is 0.808. The number of amides is 1. The maximum atomic E-state index is 13.1. The van der Waals surface area contributed by atoms with E-state index in [0.717, 1.165) is 30.0 Å². The van der Waals surface area contributed by atoms with Gasteiger partial charge in [0.15, 0.2) is 5.82 Å². The zero-order chi connectivity index (χ0) is 19.5. The molecule has 7 heteroatoms. The summed E-state index contributed by atoms with van der Waals surface area (Å²) in [5.41, 5.74) is 2.62. The Morgan fingerprint density at radius 2 is 2.07 bits per heavy atom. The normalized spacial score (nSPS) is 16.0. The largest absolute Gasteiger partial charge is 0.353 e. The molecule has 3 aromatic rings. The molecule has 4 rings (SSSR count). The summed E-state index contributed by atoms with van der Waals surface area (Å²) < 4.78 is 13.1. The van der Waals surface area contributed by atoms with Crippen LogP contribution in [0.15, 0.2) is 54.6 Å². The van der Waals surface area contributed by atoms with E-state index in [2.05, 4.69) is 20.4 Å². The number of rotatable bonds is 4. The Hall–Kier alpha value is -3.66. The molecule has 1 atom stereocenters. The van der Waals surface area contributed by atoms with Gasteiger partial charge in [0.25, 0.3) is 5.91 Å². The Morgan fingerprint density at radius 1 is 1.25 bits per heavy atom. The van der Waals surface area contributed by atoms with Crippen molar-refractivity contribution in [2.24, 2.45) is 0 Å². The highest BCUT2D eigenvalue weighted by molar-refractivity contribution is 5.94. The van der Waals surface area contributed by atoms with Crippen molar-refractivity contribution in [2.75, 3.05) is 18.0 Å². The van der Waals surface area contributed by atoms with Crippen LogP contribution in [-0.2, 0) is 0 Å². The third-order valence-corrected chi connectivity index (χ3v) is 4.82. The minimum absolute atomic E-state index is 0.00390. The van der Waals surface area contributed by atoms with Crippen LogP contribution in [0.2, 0.25) is 0 Å². The van der Waals surface area contributed by atoms with Crippen molar-refractivity contribution in [1.29, 1.82) is 5.26 Å². The van der Waals surface area contributed by atoms with Gasteiger partial charge in [0, 0.05) is 30.8 Å². The number of carbonyl (C=O) groups is 1. The third kappa shape index (κ3) is 3.71. The lowest BCUT2D eigenvalue weighted by Gasteiger charge is -2.16. The highest BCUT2D eigenvalue weighted by atomic mass is 19.1. The highest BCUT2D eigenvalue weighted by Gasteiger charge is 2.26. The zero-order valence-electron chi connectivity index (χ0n) is 15.0. The average Bonchev–Trinajstić information content (AvgIpc) is 3.38. The van der Waals surface area contributed by atoms with Gasteiger partial charge in [0.2, 0.25) is 0 Å². The van der Waals surface area contributed by atoms with Gasteiger partial charge in [-0.1, -0.05) is 6.07 Å². The first-order chi connectivity index (χ1) is 13.6. The Morgan fingerprint density at radius 3 is 2.86 bits per heavy atom. The van der Waals surface area contributed by atoms with Gasteiger partial charge in [0.05, 0.1) is 17.3 Å². The fraction of sp³-hybridized carbons (Fsp3) is 0.190. The van der Waals surface area contributed by atoms with Crippen LogP contribution in [0.4, 0.5) is 10.2 Å². The first kappa shape index (κ1) is 17.7. The van der Waals surface area contributed by atoms with Crippen molar-refractivity contribution in [2.45, 2.75) is 12.5 Å².